The SMILES string of the molecule is CN1CCCC(c2ccccc2C#N)CC1. The lowest BCUT2D eigenvalue weighted by molar-refractivity contribution is 0.347. The van der Waals surface area contributed by atoms with E-state index < -0.39 is 0 Å². The van der Waals surface area contributed by atoms with Gasteiger partial charge in [0.2, 0.25) is 0 Å². The molecular formula is C14H18N2. The molecule has 1 unspecified atom stereocenters. The molecule has 1 aliphatic rings. The van der Waals surface area contributed by atoms with Gasteiger partial charge in [-0.1, -0.05) is 18.2 Å². The Hall–Kier alpha value is -1.33. The highest BCUT2D eigenvalue weighted by Gasteiger charge is 2.18. The second-order valence-electron chi connectivity index (χ2n) is 4.63. The van der Waals surface area contributed by atoms with Crippen LogP contribution in [0.5, 0.6) is 0 Å². The van der Waals surface area contributed by atoms with Gasteiger partial charge in [-0.05, 0) is 56.9 Å². The molecule has 2 rings (SSSR count). The van der Waals surface area contributed by atoms with E-state index in [9.17, 15) is 0 Å². The third kappa shape index (κ3) is 2.43. The number of rotatable bonds is 1. The van der Waals surface area contributed by atoms with Gasteiger partial charge in [0.25, 0.3) is 0 Å². The summed E-state index contributed by atoms with van der Waals surface area (Å²) in [6.45, 7) is 2.33. The number of nitrogens with zero attached hydrogens (tertiary/aromatic N) is 2. The van der Waals surface area contributed by atoms with Crippen LogP contribution in [0.15, 0.2) is 24.3 Å². The van der Waals surface area contributed by atoms with Crippen LogP contribution in [-0.2, 0) is 0 Å². The van der Waals surface area contributed by atoms with Gasteiger partial charge in [0.1, 0.15) is 0 Å². The van der Waals surface area contributed by atoms with E-state index in [0.29, 0.717) is 5.92 Å². The molecule has 0 N–H and O–H groups in total. The van der Waals surface area contributed by atoms with Crippen molar-refractivity contribution in [2.24, 2.45) is 0 Å². The normalized spacial score (nSPS) is 22.4. The van der Waals surface area contributed by atoms with Crippen molar-refractivity contribution in [1.82, 2.24) is 4.90 Å². The number of likely N-dealkylation sites (tertiary alicyclic amines) is 1. The molecular weight excluding hydrogens is 196 g/mol. The van der Waals surface area contributed by atoms with E-state index in [4.69, 9.17) is 5.26 Å². The van der Waals surface area contributed by atoms with Gasteiger partial charge in [0.05, 0.1) is 11.6 Å². The van der Waals surface area contributed by atoms with Crippen molar-refractivity contribution in [3.63, 3.8) is 0 Å². The topological polar surface area (TPSA) is 27.0 Å². The smallest absolute Gasteiger partial charge is 0.0994 e. The van der Waals surface area contributed by atoms with Gasteiger partial charge in [0.15, 0.2) is 0 Å². The number of benzene rings is 1. The Morgan fingerprint density at radius 1 is 1.25 bits per heavy atom. The van der Waals surface area contributed by atoms with E-state index in [2.05, 4.69) is 24.1 Å². The van der Waals surface area contributed by atoms with Gasteiger partial charge in [-0.2, -0.15) is 5.26 Å². The Morgan fingerprint density at radius 2 is 2.06 bits per heavy atom. The largest absolute Gasteiger partial charge is 0.306 e. The highest BCUT2D eigenvalue weighted by atomic mass is 15.1. The Bertz CT molecular complexity index is 392. The monoisotopic (exact) mass is 214 g/mol. The Morgan fingerprint density at radius 3 is 2.88 bits per heavy atom. The lowest BCUT2D eigenvalue weighted by atomic mass is 9.89. The van der Waals surface area contributed by atoms with Crippen molar-refractivity contribution in [2.75, 3.05) is 20.1 Å². The molecule has 1 aliphatic heterocycles. The summed E-state index contributed by atoms with van der Waals surface area (Å²) >= 11 is 0. The van der Waals surface area contributed by atoms with Crippen LogP contribution in [0.1, 0.15) is 36.3 Å². The third-order valence-corrected chi connectivity index (χ3v) is 3.47. The molecule has 0 aromatic heterocycles. The zero-order valence-corrected chi connectivity index (χ0v) is 9.82. The van der Waals surface area contributed by atoms with Crippen LogP contribution in [0.25, 0.3) is 0 Å². The Kier molecular flexibility index (Phi) is 3.58. The predicted octanol–water partition coefficient (Wildman–Crippen LogP) is 2.76. The number of nitriles is 1. The first-order valence-electron chi connectivity index (χ1n) is 5.99. The molecule has 0 spiro atoms. The molecule has 16 heavy (non-hydrogen) atoms. The minimum Gasteiger partial charge on any atom is -0.306 e. The van der Waals surface area contributed by atoms with E-state index in [1.165, 1.54) is 31.4 Å². The van der Waals surface area contributed by atoms with Crippen LogP contribution in [0.2, 0.25) is 0 Å². The van der Waals surface area contributed by atoms with Crippen molar-refractivity contribution in [3.05, 3.63) is 35.4 Å². The van der Waals surface area contributed by atoms with Crippen molar-refractivity contribution >= 4 is 0 Å². The zero-order chi connectivity index (χ0) is 11.4. The first-order chi connectivity index (χ1) is 7.81. The standard InChI is InChI=1S/C14H18N2/c1-16-9-4-6-12(8-10-16)14-7-3-2-5-13(14)11-15/h2-3,5,7,12H,4,6,8-10H2,1H3. The average molecular weight is 214 g/mol. The van der Waals surface area contributed by atoms with Crippen molar-refractivity contribution in [2.45, 2.75) is 25.2 Å². The first-order valence-corrected chi connectivity index (χ1v) is 5.99. The molecule has 0 aliphatic carbocycles. The molecule has 2 heteroatoms. The molecule has 0 radical (unpaired) electrons. The van der Waals surface area contributed by atoms with Gasteiger partial charge in [-0.15, -0.1) is 0 Å². The van der Waals surface area contributed by atoms with E-state index in [-0.39, 0.29) is 0 Å². The van der Waals surface area contributed by atoms with Crippen molar-refractivity contribution in [3.8, 4) is 6.07 Å². The molecule has 2 nitrogen and oxygen atoms in total. The summed E-state index contributed by atoms with van der Waals surface area (Å²) in [5.41, 5.74) is 2.11. The summed E-state index contributed by atoms with van der Waals surface area (Å²) in [4.78, 5) is 2.38. The van der Waals surface area contributed by atoms with E-state index in [1.54, 1.807) is 0 Å². The quantitative estimate of drug-likeness (QED) is 0.718. The maximum absolute atomic E-state index is 9.11. The first kappa shape index (κ1) is 11.2. The Labute approximate surface area is 97.5 Å². The van der Waals surface area contributed by atoms with Gasteiger partial charge in [-0.25, -0.2) is 0 Å². The number of hydrogen-bond donors (Lipinski definition) is 0. The molecule has 1 fully saturated rings. The highest BCUT2D eigenvalue weighted by molar-refractivity contribution is 5.39. The summed E-state index contributed by atoms with van der Waals surface area (Å²) in [6, 6.07) is 10.4. The average Bonchev–Trinajstić information content (AvgIpc) is 2.54. The molecule has 1 heterocycles. The third-order valence-electron chi connectivity index (χ3n) is 3.47. The minimum atomic E-state index is 0.570. The van der Waals surface area contributed by atoms with Gasteiger partial charge in [-0.3, -0.25) is 0 Å². The molecule has 1 saturated heterocycles. The van der Waals surface area contributed by atoms with Crippen LogP contribution in [0.3, 0.4) is 0 Å². The summed E-state index contributed by atoms with van der Waals surface area (Å²) in [6.07, 6.45) is 3.62. The maximum atomic E-state index is 9.11. The lowest BCUT2D eigenvalue weighted by Gasteiger charge is -2.16. The fraction of sp³-hybridized carbons (Fsp3) is 0.500. The maximum Gasteiger partial charge on any atom is 0.0994 e. The molecule has 1 aromatic carbocycles. The highest BCUT2D eigenvalue weighted by Crippen LogP contribution is 2.29. The number of hydrogen-bond acceptors (Lipinski definition) is 2. The van der Waals surface area contributed by atoms with Crippen LogP contribution in [0.4, 0.5) is 0 Å². The Balaban J connectivity index is 2.20. The fourth-order valence-electron chi connectivity index (χ4n) is 2.51. The summed E-state index contributed by atoms with van der Waals surface area (Å²) in [5.74, 6) is 0.570. The molecule has 84 valence electrons. The lowest BCUT2D eigenvalue weighted by Crippen LogP contribution is -2.18. The summed E-state index contributed by atoms with van der Waals surface area (Å²) in [7, 11) is 2.18. The van der Waals surface area contributed by atoms with Crippen LogP contribution >= 0.6 is 0 Å². The van der Waals surface area contributed by atoms with Crippen molar-refractivity contribution in [1.29, 1.82) is 5.26 Å². The van der Waals surface area contributed by atoms with Crippen LogP contribution in [-0.4, -0.2) is 25.0 Å². The predicted molar refractivity (Wildman–Crippen MR) is 65.2 cm³/mol. The molecule has 0 bridgehead atoms. The minimum absolute atomic E-state index is 0.570. The zero-order valence-electron chi connectivity index (χ0n) is 9.82. The van der Waals surface area contributed by atoms with E-state index >= 15 is 0 Å². The van der Waals surface area contributed by atoms with E-state index in [1.807, 2.05) is 18.2 Å². The summed E-state index contributed by atoms with van der Waals surface area (Å²) in [5, 5.41) is 9.11. The molecule has 1 aromatic rings. The van der Waals surface area contributed by atoms with Gasteiger partial charge >= 0.3 is 0 Å². The van der Waals surface area contributed by atoms with Gasteiger partial charge < -0.3 is 4.90 Å². The molecule has 0 amide bonds. The molecule has 0 saturated carbocycles. The molecule has 1 atom stereocenters. The second kappa shape index (κ2) is 5.14. The second-order valence-corrected chi connectivity index (χ2v) is 4.63. The van der Waals surface area contributed by atoms with E-state index in [0.717, 1.165) is 12.1 Å². The summed E-state index contributed by atoms with van der Waals surface area (Å²) < 4.78 is 0. The van der Waals surface area contributed by atoms with Gasteiger partial charge in [0, 0.05) is 0 Å². The van der Waals surface area contributed by atoms with Crippen LogP contribution < -0.4 is 0 Å². The van der Waals surface area contributed by atoms with Crippen molar-refractivity contribution < 1.29 is 0 Å². The fourth-order valence-corrected chi connectivity index (χ4v) is 2.51. The van der Waals surface area contributed by atoms with Crippen LogP contribution in [0, 0.1) is 11.3 Å².